The maximum Gasteiger partial charge on any atom is 0.196 e. The predicted molar refractivity (Wildman–Crippen MR) is 166 cm³/mol. The molecule has 0 saturated carbocycles. The minimum absolute atomic E-state index is 0.108. The molecule has 0 saturated heterocycles. The molecular weight excluding hydrogens is 528 g/mol. The Balaban J connectivity index is 1.37. The predicted octanol–water partition coefficient (Wildman–Crippen LogP) is 8.09. The molecule has 4 aromatic rings. The molecule has 0 radical (unpaired) electrons. The van der Waals surface area contributed by atoms with Crippen molar-refractivity contribution >= 4 is 23.7 Å². The van der Waals surface area contributed by atoms with Crippen LogP contribution in [-0.4, -0.2) is 35.0 Å². The fourth-order valence-electron chi connectivity index (χ4n) is 4.25. The minimum atomic E-state index is -0.270. The molecule has 0 heterocycles. The molecule has 0 bridgehead atoms. The van der Waals surface area contributed by atoms with Gasteiger partial charge in [-0.25, -0.2) is 0 Å². The highest BCUT2D eigenvalue weighted by molar-refractivity contribution is 6.11. The third-order valence-corrected chi connectivity index (χ3v) is 6.77. The molecule has 0 spiro atoms. The molecular formula is C36H36O6. The van der Waals surface area contributed by atoms with Crippen LogP contribution in [0.3, 0.4) is 0 Å². The number of aromatic hydroxyl groups is 2. The van der Waals surface area contributed by atoms with Crippen molar-refractivity contribution in [2.45, 2.75) is 39.5 Å². The van der Waals surface area contributed by atoms with Crippen LogP contribution in [0.25, 0.3) is 12.2 Å². The second-order valence-corrected chi connectivity index (χ2v) is 10.00. The van der Waals surface area contributed by atoms with Gasteiger partial charge in [-0.05, 0) is 48.2 Å². The van der Waals surface area contributed by atoms with E-state index in [-0.39, 0.29) is 34.2 Å². The molecule has 0 unspecified atom stereocenters. The van der Waals surface area contributed by atoms with Crippen LogP contribution in [0.5, 0.6) is 23.0 Å². The Morgan fingerprint density at radius 1 is 0.595 bits per heavy atom. The van der Waals surface area contributed by atoms with Gasteiger partial charge in [-0.3, -0.25) is 9.59 Å². The molecule has 6 nitrogen and oxygen atoms in total. The molecule has 0 aromatic heterocycles. The third-order valence-electron chi connectivity index (χ3n) is 6.77. The van der Waals surface area contributed by atoms with Gasteiger partial charge in [0, 0.05) is 23.3 Å². The van der Waals surface area contributed by atoms with E-state index in [9.17, 15) is 19.8 Å². The molecule has 216 valence electrons. The smallest absolute Gasteiger partial charge is 0.196 e. The van der Waals surface area contributed by atoms with Gasteiger partial charge in [-0.1, -0.05) is 87.4 Å². The summed E-state index contributed by atoms with van der Waals surface area (Å²) in [5.41, 5.74) is 3.16. The van der Waals surface area contributed by atoms with Gasteiger partial charge >= 0.3 is 0 Å². The summed E-state index contributed by atoms with van der Waals surface area (Å²) in [7, 11) is 0. The van der Waals surface area contributed by atoms with Crippen molar-refractivity contribution in [2.24, 2.45) is 0 Å². The summed E-state index contributed by atoms with van der Waals surface area (Å²) >= 11 is 0. The van der Waals surface area contributed by atoms with Gasteiger partial charge in [0.2, 0.25) is 0 Å². The standard InChI is InChI=1S/C36H36O6/c1-3-5-21-41-29-17-19-31(33(37)23-29)35(39)27-13-9-25(10-14-27)7-8-26-11-15-28(16-12-26)36(40)32-20-18-30(24-34(32)38)42-22-6-4-2/h7-20,23-24,37-38H,3-6,21-22H2,1-2H3/b8-7+. The number of ketones is 2. The molecule has 0 aliphatic heterocycles. The summed E-state index contributed by atoms with van der Waals surface area (Å²) in [4.78, 5) is 25.9. The molecule has 0 aliphatic rings. The topological polar surface area (TPSA) is 93.1 Å². The summed E-state index contributed by atoms with van der Waals surface area (Å²) in [6.07, 6.45) is 7.69. The molecule has 4 rings (SSSR count). The van der Waals surface area contributed by atoms with Crippen LogP contribution in [0.1, 0.15) is 82.5 Å². The van der Waals surface area contributed by atoms with Gasteiger partial charge < -0.3 is 19.7 Å². The first-order valence-electron chi connectivity index (χ1n) is 14.3. The zero-order chi connectivity index (χ0) is 29.9. The molecule has 6 heteroatoms. The lowest BCUT2D eigenvalue weighted by molar-refractivity contribution is 0.102. The number of hydrogen-bond acceptors (Lipinski definition) is 6. The van der Waals surface area contributed by atoms with Crippen LogP contribution in [0.2, 0.25) is 0 Å². The monoisotopic (exact) mass is 564 g/mol. The summed E-state index contributed by atoms with van der Waals surface area (Å²) < 4.78 is 11.2. The first kappa shape index (κ1) is 30.1. The van der Waals surface area contributed by atoms with E-state index >= 15 is 0 Å². The number of unbranched alkanes of at least 4 members (excludes halogenated alkanes) is 2. The summed E-state index contributed by atoms with van der Waals surface area (Å²) in [5, 5.41) is 20.7. The normalized spacial score (nSPS) is 11.0. The lowest BCUT2D eigenvalue weighted by atomic mass is 10.00. The highest BCUT2D eigenvalue weighted by Gasteiger charge is 2.16. The van der Waals surface area contributed by atoms with Crippen LogP contribution >= 0.6 is 0 Å². The summed E-state index contributed by atoms with van der Waals surface area (Å²) in [6, 6.07) is 23.7. The number of hydrogen-bond donors (Lipinski definition) is 2. The second kappa shape index (κ2) is 14.7. The minimum Gasteiger partial charge on any atom is -0.507 e. The van der Waals surface area contributed by atoms with Gasteiger partial charge in [0.25, 0.3) is 0 Å². The molecule has 0 aliphatic carbocycles. The van der Waals surface area contributed by atoms with Crippen LogP contribution in [0.15, 0.2) is 84.9 Å². The van der Waals surface area contributed by atoms with E-state index in [1.54, 1.807) is 48.5 Å². The number of phenols is 2. The van der Waals surface area contributed by atoms with Crippen LogP contribution in [-0.2, 0) is 0 Å². The summed E-state index contributed by atoms with van der Waals surface area (Å²) in [6.45, 7) is 5.28. The van der Waals surface area contributed by atoms with Crippen molar-refractivity contribution in [1.29, 1.82) is 0 Å². The Bertz CT molecular complexity index is 1420. The SMILES string of the molecule is CCCCOc1ccc(C(=O)c2ccc(/C=C/c3ccc(C(=O)c4ccc(OCCCC)cc4O)cc3)cc2)c(O)c1. The molecule has 4 aromatic carbocycles. The Labute approximate surface area is 246 Å². The van der Waals surface area contributed by atoms with Gasteiger partial charge in [-0.2, -0.15) is 0 Å². The fraction of sp³-hybridized carbons (Fsp3) is 0.222. The van der Waals surface area contributed by atoms with E-state index in [4.69, 9.17) is 9.47 Å². The first-order chi connectivity index (χ1) is 20.4. The Morgan fingerprint density at radius 2 is 0.976 bits per heavy atom. The molecule has 2 N–H and O–H groups in total. The number of benzene rings is 4. The van der Waals surface area contributed by atoms with Gasteiger partial charge in [0.05, 0.1) is 24.3 Å². The Hall–Kier alpha value is -4.84. The first-order valence-corrected chi connectivity index (χ1v) is 14.3. The number of ether oxygens (including phenoxy) is 2. The number of rotatable bonds is 14. The van der Waals surface area contributed by atoms with Crippen molar-refractivity contribution in [3.8, 4) is 23.0 Å². The van der Waals surface area contributed by atoms with Crippen molar-refractivity contribution < 1.29 is 29.3 Å². The molecule has 0 fully saturated rings. The number of carbonyl (C=O) groups is 2. The van der Waals surface area contributed by atoms with Crippen molar-refractivity contribution in [3.63, 3.8) is 0 Å². The average Bonchev–Trinajstić information content (AvgIpc) is 3.00. The highest BCUT2D eigenvalue weighted by atomic mass is 16.5. The van der Waals surface area contributed by atoms with Crippen LogP contribution in [0.4, 0.5) is 0 Å². The van der Waals surface area contributed by atoms with Gasteiger partial charge in [-0.15, -0.1) is 0 Å². The van der Waals surface area contributed by atoms with Gasteiger partial charge in [0.15, 0.2) is 11.6 Å². The van der Waals surface area contributed by atoms with E-state index in [2.05, 4.69) is 13.8 Å². The summed E-state index contributed by atoms with van der Waals surface area (Å²) in [5.74, 6) is 0.319. The number of carbonyl (C=O) groups excluding carboxylic acids is 2. The highest BCUT2D eigenvalue weighted by Crippen LogP contribution is 2.28. The zero-order valence-electron chi connectivity index (χ0n) is 24.0. The second-order valence-electron chi connectivity index (χ2n) is 10.00. The lowest BCUT2D eigenvalue weighted by Gasteiger charge is -2.09. The van der Waals surface area contributed by atoms with Gasteiger partial charge in [0.1, 0.15) is 23.0 Å². The van der Waals surface area contributed by atoms with E-state index in [0.29, 0.717) is 35.8 Å². The van der Waals surface area contributed by atoms with E-state index in [0.717, 1.165) is 36.8 Å². The maximum atomic E-state index is 12.9. The molecule has 0 atom stereocenters. The lowest BCUT2D eigenvalue weighted by Crippen LogP contribution is -2.03. The van der Waals surface area contributed by atoms with E-state index < -0.39 is 0 Å². The number of phenolic OH excluding ortho intramolecular Hbond substituents is 2. The molecule has 0 amide bonds. The van der Waals surface area contributed by atoms with Crippen LogP contribution < -0.4 is 9.47 Å². The largest absolute Gasteiger partial charge is 0.507 e. The van der Waals surface area contributed by atoms with Crippen molar-refractivity contribution in [2.75, 3.05) is 13.2 Å². The average molecular weight is 565 g/mol. The van der Waals surface area contributed by atoms with Crippen molar-refractivity contribution in [1.82, 2.24) is 0 Å². The Kier molecular flexibility index (Phi) is 10.5. The quantitative estimate of drug-likeness (QED) is 0.0913. The van der Waals surface area contributed by atoms with Crippen molar-refractivity contribution in [3.05, 3.63) is 118 Å². The van der Waals surface area contributed by atoms with E-state index in [1.165, 1.54) is 12.1 Å². The molecule has 42 heavy (non-hydrogen) atoms. The fourth-order valence-corrected chi connectivity index (χ4v) is 4.25. The third kappa shape index (κ3) is 7.88. The van der Waals surface area contributed by atoms with Crippen LogP contribution in [0, 0.1) is 0 Å². The van der Waals surface area contributed by atoms with E-state index in [1.807, 2.05) is 36.4 Å². The zero-order valence-corrected chi connectivity index (χ0v) is 24.0. The Morgan fingerprint density at radius 3 is 1.31 bits per heavy atom. The maximum absolute atomic E-state index is 12.9.